The number of benzene rings is 1. The number of furan rings is 1. The van der Waals surface area contributed by atoms with Gasteiger partial charge in [-0.15, -0.1) is 0 Å². The van der Waals surface area contributed by atoms with Gasteiger partial charge in [-0.3, -0.25) is 0 Å². The molecule has 1 N–H and O–H groups in total. The first-order valence-electron chi connectivity index (χ1n) is 7.60. The molecule has 1 aromatic carbocycles. The Balaban J connectivity index is 2.00. The predicted molar refractivity (Wildman–Crippen MR) is 80.8 cm³/mol. The molecule has 3 rings (SSSR count). The van der Waals surface area contributed by atoms with Crippen molar-refractivity contribution in [2.24, 2.45) is 0 Å². The van der Waals surface area contributed by atoms with E-state index in [1.165, 1.54) is 31.4 Å². The van der Waals surface area contributed by atoms with E-state index in [-0.39, 0.29) is 17.5 Å². The molecule has 1 unspecified atom stereocenters. The van der Waals surface area contributed by atoms with E-state index in [2.05, 4.69) is 5.32 Å². The number of nitrogens with one attached hydrogen (secondary N) is 1. The summed E-state index contributed by atoms with van der Waals surface area (Å²) in [5, 5.41) is 4.14. The van der Waals surface area contributed by atoms with Crippen LogP contribution in [-0.4, -0.2) is 19.8 Å². The van der Waals surface area contributed by atoms with Gasteiger partial charge in [0.1, 0.15) is 17.2 Å². The van der Waals surface area contributed by atoms with E-state index in [0.717, 1.165) is 24.0 Å². The van der Waals surface area contributed by atoms with Crippen molar-refractivity contribution in [2.75, 3.05) is 14.2 Å². The summed E-state index contributed by atoms with van der Waals surface area (Å²) in [5.74, 6) is 0.580. The minimum atomic E-state index is -0.241. The van der Waals surface area contributed by atoms with E-state index in [9.17, 15) is 4.39 Å². The lowest BCUT2D eigenvalue weighted by Crippen LogP contribution is -2.45. The Labute approximate surface area is 124 Å². The van der Waals surface area contributed by atoms with E-state index >= 15 is 0 Å². The Hall–Kier alpha value is -1.39. The lowest BCUT2D eigenvalue weighted by Gasteiger charge is -2.41. The summed E-state index contributed by atoms with van der Waals surface area (Å²) in [6.45, 7) is 0. The Bertz CT molecular complexity index is 616. The SMILES string of the molecule is CNC(c1cc2cc(F)ccc2o1)C1(OC)CCCCC1. The minimum absolute atomic E-state index is 0.0155. The molecule has 0 spiro atoms. The zero-order valence-corrected chi connectivity index (χ0v) is 12.6. The highest BCUT2D eigenvalue weighted by atomic mass is 19.1. The monoisotopic (exact) mass is 291 g/mol. The maximum atomic E-state index is 13.3. The van der Waals surface area contributed by atoms with Gasteiger partial charge in [0.05, 0.1) is 11.6 Å². The number of halogens is 1. The molecule has 114 valence electrons. The number of fused-ring (bicyclic) bond motifs is 1. The van der Waals surface area contributed by atoms with Crippen molar-refractivity contribution in [3.8, 4) is 0 Å². The summed E-state index contributed by atoms with van der Waals surface area (Å²) < 4.78 is 25.2. The molecule has 1 fully saturated rings. The fourth-order valence-corrected chi connectivity index (χ4v) is 3.60. The van der Waals surface area contributed by atoms with Crippen molar-refractivity contribution in [3.05, 3.63) is 35.8 Å². The molecular formula is C17H22FNO2. The van der Waals surface area contributed by atoms with Crippen LogP contribution in [0.2, 0.25) is 0 Å². The molecule has 0 aliphatic heterocycles. The molecule has 1 heterocycles. The van der Waals surface area contributed by atoms with Gasteiger partial charge < -0.3 is 14.5 Å². The van der Waals surface area contributed by atoms with Crippen LogP contribution in [0.15, 0.2) is 28.7 Å². The average Bonchev–Trinajstić information content (AvgIpc) is 2.91. The van der Waals surface area contributed by atoms with Gasteiger partial charge >= 0.3 is 0 Å². The Kier molecular flexibility index (Phi) is 4.00. The molecule has 0 amide bonds. The Morgan fingerprint density at radius 2 is 2.00 bits per heavy atom. The van der Waals surface area contributed by atoms with Crippen molar-refractivity contribution in [3.63, 3.8) is 0 Å². The predicted octanol–water partition coefficient (Wildman–Crippen LogP) is 4.18. The highest BCUT2D eigenvalue weighted by molar-refractivity contribution is 5.78. The second-order valence-corrected chi connectivity index (χ2v) is 5.88. The van der Waals surface area contributed by atoms with Gasteiger partial charge in [-0.25, -0.2) is 4.39 Å². The number of ether oxygens (including phenoxy) is 1. The zero-order chi connectivity index (χ0) is 14.9. The van der Waals surface area contributed by atoms with Gasteiger partial charge in [0.25, 0.3) is 0 Å². The third-order valence-corrected chi connectivity index (χ3v) is 4.70. The smallest absolute Gasteiger partial charge is 0.134 e. The third kappa shape index (κ3) is 2.58. The largest absolute Gasteiger partial charge is 0.459 e. The number of likely N-dealkylation sites (N-methyl/N-ethyl adjacent to an activating group) is 1. The summed E-state index contributed by atoms with van der Waals surface area (Å²) >= 11 is 0. The van der Waals surface area contributed by atoms with Crippen LogP contribution in [0.1, 0.15) is 43.9 Å². The van der Waals surface area contributed by atoms with Crippen molar-refractivity contribution in [2.45, 2.75) is 43.7 Å². The van der Waals surface area contributed by atoms with E-state index in [0.29, 0.717) is 5.58 Å². The van der Waals surface area contributed by atoms with Crippen molar-refractivity contribution in [1.82, 2.24) is 5.32 Å². The van der Waals surface area contributed by atoms with Gasteiger partial charge in [0.2, 0.25) is 0 Å². The average molecular weight is 291 g/mol. The maximum Gasteiger partial charge on any atom is 0.134 e. The van der Waals surface area contributed by atoms with Crippen LogP contribution in [0.4, 0.5) is 4.39 Å². The Morgan fingerprint density at radius 3 is 2.67 bits per heavy atom. The molecule has 1 saturated carbocycles. The standard InChI is InChI=1S/C17H22FNO2/c1-19-16(17(20-2)8-4-3-5-9-17)15-11-12-10-13(18)6-7-14(12)21-15/h6-7,10-11,16,19H,3-5,8-9H2,1-2H3. The molecule has 1 aromatic heterocycles. The number of rotatable bonds is 4. The highest BCUT2D eigenvalue weighted by Gasteiger charge is 2.41. The van der Waals surface area contributed by atoms with E-state index in [4.69, 9.17) is 9.15 Å². The number of hydrogen-bond acceptors (Lipinski definition) is 3. The van der Waals surface area contributed by atoms with Crippen LogP contribution in [-0.2, 0) is 4.74 Å². The molecule has 3 nitrogen and oxygen atoms in total. The van der Waals surface area contributed by atoms with Crippen LogP contribution >= 0.6 is 0 Å². The van der Waals surface area contributed by atoms with Crippen LogP contribution < -0.4 is 5.32 Å². The molecule has 2 aromatic rings. The second kappa shape index (κ2) is 5.78. The molecule has 1 atom stereocenters. The second-order valence-electron chi connectivity index (χ2n) is 5.88. The summed E-state index contributed by atoms with van der Waals surface area (Å²) in [6, 6.07) is 6.53. The van der Waals surface area contributed by atoms with Crippen molar-refractivity contribution < 1.29 is 13.5 Å². The first-order valence-corrected chi connectivity index (χ1v) is 7.60. The molecule has 0 bridgehead atoms. The number of hydrogen-bond donors (Lipinski definition) is 1. The molecular weight excluding hydrogens is 269 g/mol. The lowest BCUT2D eigenvalue weighted by molar-refractivity contribution is -0.0713. The van der Waals surface area contributed by atoms with Gasteiger partial charge in [-0.2, -0.15) is 0 Å². The third-order valence-electron chi connectivity index (χ3n) is 4.70. The van der Waals surface area contributed by atoms with Gasteiger partial charge in [-0.05, 0) is 44.2 Å². The van der Waals surface area contributed by atoms with Crippen molar-refractivity contribution >= 4 is 11.0 Å². The zero-order valence-electron chi connectivity index (χ0n) is 12.6. The lowest BCUT2D eigenvalue weighted by atomic mass is 9.78. The van der Waals surface area contributed by atoms with Gasteiger partial charge in [0.15, 0.2) is 0 Å². The fraction of sp³-hybridized carbons (Fsp3) is 0.529. The van der Waals surface area contributed by atoms with Gasteiger partial charge in [0, 0.05) is 12.5 Å². The summed E-state index contributed by atoms with van der Waals surface area (Å²) in [6.07, 6.45) is 5.62. The van der Waals surface area contributed by atoms with Crippen LogP contribution in [0.5, 0.6) is 0 Å². The topological polar surface area (TPSA) is 34.4 Å². The number of methoxy groups -OCH3 is 1. The molecule has 4 heteroatoms. The molecule has 0 saturated heterocycles. The van der Waals surface area contributed by atoms with Crippen LogP contribution in [0.3, 0.4) is 0 Å². The first kappa shape index (κ1) is 14.5. The van der Waals surface area contributed by atoms with Gasteiger partial charge in [-0.1, -0.05) is 19.3 Å². The van der Waals surface area contributed by atoms with Crippen LogP contribution in [0.25, 0.3) is 11.0 Å². The Morgan fingerprint density at radius 1 is 1.24 bits per heavy atom. The normalized spacial score (nSPS) is 19.8. The van der Waals surface area contributed by atoms with E-state index < -0.39 is 0 Å². The minimum Gasteiger partial charge on any atom is -0.459 e. The fourth-order valence-electron chi connectivity index (χ4n) is 3.60. The first-order chi connectivity index (χ1) is 10.2. The molecule has 0 radical (unpaired) electrons. The molecule has 1 aliphatic rings. The molecule has 1 aliphatic carbocycles. The quantitative estimate of drug-likeness (QED) is 0.917. The van der Waals surface area contributed by atoms with E-state index in [1.807, 2.05) is 13.1 Å². The molecule has 21 heavy (non-hydrogen) atoms. The summed E-state index contributed by atoms with van der Waals surface area (Å²) in [5.41, 5.74) is 0.480. The van der Waals surface area contributed by atoms with Crippen LogP contribution in [0, 0.1) is 5.82 Å². The maximum absolute atomic E-state index is 13.3. The van der Waals surface area contributed by atoms with Crippen molar-refractivity contribution in [1.29, 1.82) is 0 Å². The summed E-state index contributed by atoms with van der Waals surface area (Å²) in [7, 11) is 3.70. The van der Waals surface area contributed by atoms with E-state index in [1.54, 1.807) is 13.2 Å². The summed E-state index contributed by atoms with van der Waals surface area (Å²) in [4.78, 5) is 0. The highest BCUT2D eigenvalue weighted by Crippen LogP contribution is 2.42.